The average Bonchev–Trinajstić information content (AvgIpc) is 3.03. The van der Waals surface area contributed by atoms with Crippen molar-refractivity contribution in [3.63, 3.8) is 0 Å². The van der Waals surface area contributed by atoms with E-state index in [0.717, 1.165) is 42.1 Å². The Morgan fingerprint density at radius 1 is 1.26 bits per heavy atom. The third-order valence-corrected chi connectivity index (χ3v) is 4.87. The molecular formula is C18H24N4O. The molecule has 1 unspecified atom stereocenters. The number of aliphatic hydroxyl groups is 1. The van der Waals surface area contributed by atoms with Crippen molar-refractivity contribution >= 4 is 27.8 Å². The number of aliphatic hydroxyl groups excluding tert-OH is 1. The maximum Gasteiger partial charge on any atom is 0.152 e. The Bertz CT molecular complexity index is 820. The first-order chi connectivity index (χ1) is 11.2. The van der Waals surface area contributed by atoms with Crippen LogP contribution in [0, 0.1) is 0 Å². The lowest BCUT2D eigenvalue weighted by molar-refractivity contribution is 0.118. The lowest BCUT2D eigenvalue weighted by Gasteiger charge is -2.33. The maximum absolute atomic E-state index is 10.2. The summed E-state index contributed by atoms with van der Waals surface area (Å²) in [4.78, 5) is 8.96. The predicted molar refractivity (Wildman–Crippen MR) is 94.3 cm³/mol. The number of nitrogen functional groups attached to an aromatic ring is 1. The molecule has 0 saturated carbocycles. The Balaban J connectivity index is 2.32. The molecule has 5 heteroatoms. The number of hydrogen-bond donors (Lipinski definition) is 2. The molecular weight excluding hydrogens is 288 g/mol. The number of nitrogens with zero attached hydrogens (tertiary/aromatic N) is 3. The van der Waals surface area contributed by atoms with Gasteiger partial charge in [-0.3, -0.25) is 0 Å². The van der Waals surface area contributed by atoms with Gasteiger partial charge in [0.2, 0.25) is 0 Å². The molecule has 0 spiro atoms. The van der Waals surface area contributed by atoms with Crippen LogP contribution in [0.2, 0.25) is 0 Å². The normalized spacial score (nSPS) is 14.4. The van der Waals surface area contributed by atoms with Crippen LogP contribution in [0.3, 0.4) is 0 Å². The van der Waals surface area contributed by atoms with Crippen molar-refractivity contribution in [1.29, 1.82) is 0 Å². The van der Waals surface area contributed by atoms with Gasteiger partial charge in [0.25, 0.3) is 0 Å². The summed E-state index contributed by atoms with van der Waals surface area (Å²) in [6, 6.07) is 7.95. The van der Waals surface area contributed by atoms with Crippen LogP contribution in [0.15, 0.2) is 30.6 Å². The quantitative estimate of drug-likeness (QED) is 0.731. The highest BCUT2D eigenvalue weighted by molar-refractivity contribution is 6.06. The number of fused-ring (bicyclic) bond motifs is 3. The molecule has 3 N–H and O–H groups in total. The molecule has 1 aromatic carbocycles. The van der Waals surface area contributed by atoms with Crippen LogP contribution in [0.25, 0.3) is 21.9 Å². The minimum Gasteiger partial charge on any atom is -0.394 e. The Labute approximate surface area is 136 Å². The van der Waals surface area contributed by atoms with Crippen LogP contribution in [0.5, 0.6) is 0 Å². The number of aromatic nitrogens is 3. The second-order valence-corrected chi connectivity index (χ2v) is 6.17. The number of benzene rings is 1. The molecule has 1 atom stereocenters. The van der Waals surface area contributed by atoms with E-state index in [1.807, 2.05) is 30.6 Å². The molecule has 5 nitrogen and oxygen atoms in total. The number of rotatable bonds is 6. The van der Waals surface area contributed by atoms with Crippen molar-refractivity contribution in [2.75, 3.05) is 12.3 Å². The van der Waals surface area contributed by atoms with E-state index in [0.29, 0.717) is 11.3 Å². The van der Waals surface area contributed by atoms with Crippen molar-refractivity contribution in [3.8, 4) is 0 Å². The van der Waals surface area contributed by atoms with Crippen LogP contribution in [0.4, 0.5) is 5.82 Å². The Morgan fingerprint density at radius 3 is 2.74 bits per heavy atom. The van der Waals surface area contributed by atoms with Gasteiger partial charge in [-0.1, -0.05) is 44.9 Å². The minimum atomic E-state index is -0.346. The average molecular weight is 312 g/mol. The highest BCUT2D eigenvalue weighted by Gasteiger charge is 2.31. The number of unbranched alkanes of at least 4 members (excludes halogenated alkanes) is 1. The standard InChI is InChI=1S/C18H24N4O/c1-3-5-10-18(4-2,11-23)22-12-20-15-16(22)13-8-6-7-9-14(13)21-17(15)19/h6-9,12,23H,3-5,10-11H2,1-2H3,(H2,19,21). The Morgan fingerprint density at radius 2 is 2.04 bits per heavy atom. The summed E-state index contributed by atoms with van der Waals surface area (Å²) in [6.45, 7) is 4.37. The van der Waals surface area contributed by atoms with E-state index in [1.54, 1.807) is 0 Å². The van der Waals surface area contributed by atoms with Crippen molar-refractivity contribution in [1.82, 2.24) is 14.5 Å². The van der Waals surface area contributed by atoms with Crippen LogP contribution in [-0.2, 0) is 5.54 Å². The molecule has 0 aliphatic carbocycles. The number of imidazole rings is 1. The summed E-state index contributed by atoms with van der Waals surface area (Å²) in [5, 5.41) is 11.2. The van der Waals surface area contributed by atoms with E-state index in [9.17, 15) is 5.11 Å². The third kappa shape index (κ3) is 2.45. The molecule has 0 radical (unpaired) electrons. The van der Waals surface area contributed by atoms with Gasteiger partial charge in [-0.25, -0.2) is 9.97 Å². The third-order valence-electron chi connectivity index (χ3n) is 4.87. The van der Waals surface area contributed by atoms with Crippen molar-refractivity contribution in [2.24, 2.45) is 0 Å². The number of para-hydroxylation sites is 1. The highest BCUT2D eigenvalue weighted by atomic mass is 16.3. The summed E-state index contributed by atoms with van der Waals surface area (Å²) in [5.74, 6) is 0.441. The summed E-state index contributed by atoms with van der Waals surface area (Å²) >= 11 is 0. The van der Waals surface area contributed by atoms with Crippen LogP contribution < -0.4 is 5.73 Å². The van der Waals surface area contributed by atoms with Crippen molar-refractivity contribution in [3.05, 3.63) is 30.6 Å². The zero-order valence-corrected chi connectivity index (χ0v) is 13.8. The van der Waals surface area contributed by atoms with Crippen LogP contribution in [-0.4, -0.2) is 26.2 Å². The summed E-state index contributed by atoms with van der Waals surface area (Å²) < 4.78 is 2.12. The summed E-state index contributed by atoms with van der Waals surface area (Å²) in [7, 11) is 0. The largest absolute Gasteiger partial charge is 0.394 e. The molecule has 0 amide bonds. The van der Waals surface area contributed by atoms with E-state index in [1.165, 1.54) is 0 Å². The second-order valence-electron chi connectivity index (χ2n) is 6.17. The molecule has 0 fully saturated rings. The zero-order chi connectivity index (χ0) is 16.4. The van der Waals surface area contributed by atoms with Crippen molar-refractivity contribution in [2.45, 2.75) is 45.1 Å². The summed E-state index contributed by atoms with van der Waals surface area (Å²) in [6.07, 6.45) is 5.72. The SMILES string of the molecule is CCCCC(CC)(CO)n1cnc2c(N)nc3ccccc3c21. The first kappa shape index (κ1) is 15.7. The monoisotopic (exact) mass is 312 g/mol. The first-order valence-electron chi connectivity index (χ1n) is 8.29. The van der Waals surface area contributed by atoms with E-state index < -0.39 is 0 Å². The molecule has 0 aliphatic heterocycles. The topological polar surface area (TPSA) is 77.0 Å². The second kappa shape index (κ2) is 6.16. The first-order valence-corrected chi connectivity index (χ1v) is 8.29. The number of hydrogen-bond acceptors (Lipinski definition) is 4. The highest BCUT2D eigenvalue weighted by Crippen LogP contribution is 2.35. The van der Waals surface area contributed by atoms with Gasteiger partial charge in [0.15, 0.2) is 5.82 Å². The number of pyridine rings is 1. The van der Waals surface area contributed by atoms with Crippen LogP contribution in [0.1, 0.15) is 39.5 Å². The number of anilines is 1. The van der Waals surface area contributed by atoms with E-state index in [4.69, 9.17) is 5.73 Å². The van der Waals surface area contributed by atoms with Gasteiger partial charge in [-0.15, -0.1) is 0 Å². The Hall–Kier alpha value is -2.14. The predicted octanol–water partition coefficient (Wildman–Crippen LogP) is 3.45. The molecule has 0 aliphatic rings. The van der Waals surface area contributed by atoms with E-state index in [2.05, 4.69) is 28.4 Å². The minimum absolute atomic E-state index is 0.0888. The van der Waals surface area contributed by atoms with Gasteiger partial charge >= 0.3 is 0 Å². The molecule has 0 bridgehead atoms. The van der Waals surface area contributed by atoms with Crippen LogP contribution >= 0.6 is 0 Å². The van der Waals surface area contributed by atoms with E-state index >= 15 is 0 Å². The fraction of sp³-hybridized carbons (Fsp3) is 0.444. The van der Waals surface area contributed by atoms with Gasteiger partial charge in [-0.2, -0.15) is 0 Å². The summed E-state index contributed by atoms with van der Waals surface area (Å²) in [5.41, 5.74) is 8.31. The van der Waals surface area contributed by atoms with Gasteiger partial charge in [0.1, 0.15) is 5.52 Å². The zero-order valence-electron chi connectivity index (χ0n) is 13.8. The van der Waals surface area contributed by atoms with Crippen molar-refractivity contribution < 1.29 is 5.11 Å². The fourth-order valence-corrected chi connectivity index (χ4v) is 3.35. The maximum atomic E-state index is 10.2. The lowest BCUT2D eigenvalue weighted by atomic mass is 9.90. The lowest BCUT2D eigenvalue weighted by Crippen LogP contribution is -2.36. The Kier molecular flexibility index (Phi) is 4.22. The van der Waals surface area contributed by atoms with Gasteiger partial charge in [0.05, 0.1) is 29.5 Å². The molecule has 3 aromatic rings. The molecule has 2 heterocycles. The number of nitrogens with two attached hydrogens (primary N) is 1. The molecule has 3 rings (SSSR count). The molecule has 122 valence electrons. The molecule has 2 aromatic heterocycles. The smallest absolute Gasteiger partial charge is 0.152 e. The molecule has 23 heavy (non-hydrogen) atoms. The van der Waals surface area contributed by atoms with Gasteiger partial charge in [-0.05, 0) is 18.9 Å². The fourth-order valence-electron chi connectivity index (χ4n) is 3.35. The van der Waals surface area contributed by atoms with Gasteiger partial charge in [0, 0.05) is 5.39 Å². The van der Waals surface area contributed by atoms with E-state index in [-0.39, 0.29) is 12.1 Å². The van der Waals surface area contributed by atoms with Gasteiger partial charge < -0.3 is 15.4 Å². The molecule has 0 saturated heterocycles.